The Morgan fingerprint density at radius 2 is 1.35 bits per heavy atom. The van der Waals surface area contributed by atoms with Crippen LogP contribution < -0.4 is 5.32 Å². The molecule has 0 atom stereocenters. The van der Waals surface area contributed by atoms with Crippen molar-refractivity contribution >= 4 is 6.09 Å². The fourth-order valence-electron chi connectivity index (χ4n) is 2.57. The van der Waals surface area contributed by atoms with E-state index >= 15 is 0 Å². The van der Waals surface area contributed by atoms with Crippen molar-refractivity contribution in [3.05, 3.63) is 71.8 Å². The molecule has 0 aliphatic carbocycles. The van der Waals surface area contributed by atoms with Crippen molar-refractivity contribution in [2.75, 3.05) is 6.54 Å². The highest BCUT2D eigenvalue weighted by molar-refractivity contribution is 5.67. The summed E-state index contributed by atoms with van der Waals surface area (Å²) in [5.74, 6) is 0. The SMILES string of the molecule is O=C(NCC(F)(F)F)OC(CCc1ccccc1)CCc1ccccc1. The summed E-state index contributed by atoms with van der Waals surface area (Å²) in [6.45, 7) is -1.39. The van der Waals surface area contributed by atoms with Gasteiger partial charge >= 0.3 is 12.3 Å². The zero-order valence-corrected chi connectivity index (χ0v) is 14.3. The molecule has 0 saturated carbocycles. The van der Waals surface area contributed by atoms with Crippen LogP contribution in [0.4, 0.5) is 18.0 Å². The maximum absolute atomic E-state index is 12.2. The third-order valence-corrected chi connectivity index (χ3v) is 3.90. The highest BCUT2D eigenvalue weighted by atomic mass is 19.4. The lowest BCUT2D eigenvalue weighted by Crippen LogP contribution is -2.36. The van der Waals surface area contributed by atoms with Crippen molar-refractivity contribution < 1.29 is 22.7 Å². The topological polar surface area (TPSA) is 38.3 Å². The normalized spacial score (nSPS) is 11.4. The summed E-state index contributed by atoms with van der Waals surface area (Å²) in [7, 11) is 0. The van der Waals surface area contributed by atoms with Crippen molar-refractivity contribution in [2.24, 2.45) is 0 Å². The molecule has 6 heteroatoms. The second-order valence-corrected chi connectivity index (χ2v) is 6.04. The standard InChI is InChI=1S/C20H22F3NO2/c21-20(22,23)15-24-19(25)26-18(13-11-16-7-3-1-4-8-16)14-12-17-9-5-2-6-10-17/h1-10,18H,11-15H2,(H,24,25). The Kier molecular flexibility index (Phi) is 7.51. The number of ether oxygens (including phenoxy) is 1. The molecule has 1 amide bonds. The van der Waals surface area contributed by atoms with E-state index in [-0.39, 0.29) is 0 Å². The van der Waals surface area contributed by atoms with Gasteiger partial charge in [-0.3, -0.25) is 0 Å². The molecule has 0 saturated heterocycles. The van der Waals surface area contributed by atoms with Crippen LogP contribution in [-0.2, 0) is 17.6 Å². The minimum absolute atomic E-state index is 0.455. The van der Waals surface area contributed by atoms with E-state index in [2.05, 4.69) is 0 Å². The van der Waals surface area contributed by atoms with Gasteiger partial charge in [0.25, 0.3) is 0 Å². The molecule has 0 aliphatic rings. The van der Waals surface area contributed by atoms with Gasteiger partial charge in [0.15, 0.2) is 0 Å². The number of aryl methyl sites for hydroxylation is 2. The number of amides is 1. The third-order valence-electron chi connectivity index (χ3n) is 3.90. The maximum Gasteiger partial charge on any atom is 0.407 e. The van der Waals surface area contributed by atoms with Crippen molar-refractivity contribution in [1.29, 1.82) is 0 Å². The molecule has 0 spiro atoms. The smallest absolute Gasteiger partial charge is 0.407 e. The van der Waals surface area contributed by atoms with E-state index in [0.717, 1.165) is 11.1 Å². The van der Waals surface area contributed by atoms with Gasteiger partial charge in [-0.1, -0.05) is 60.7 Å². The Morgan fingerprint density at radius 1 is 0.885 bits per heavy atom. The molecule has 0 aromatic heterocycles. The predicted octanol–water partition coefficient (Wildman–Crippen LogP) is 4.91. The minimum atomic E-state index is -4.46. The Balaban J connectivity index is 1.90. The summed E-state index contributed by atoms with van der Waals surface area (Å²) in [5.41, 5.74) is 2.19. The third kappa shape index (κ3) is 8.05. The summed E-state index contributed by atoms with van der Waals surface area (Å²) in [6, 6.07) is 19.4. The Hall–Kier alpha value is -2.50. The van der Waals surface area contributed by atoms with Gasteiger partial charge in [-0.05, 0) is 36.8 Å². The lowest BCUT2D eigenvalue weighted by molar-refractivity contribution is -0.124. The van der Waals surface area contributed by atoms with Gasteiger partial charge in [0.1, 0.15) is 12.6 Å². The van der Waals surface area contributed by atoms with Crippen LogP contribution in [0.2, 0.25) is 0 Å². The molecule has 2 aromatic rings. The summed E-state index contributed by atoms with van der Waals surface area (Å²) < 4.78 is 41.9. The highest BCUT2D eigenvalue weighted by Crippen LogP contribution is 2.15. The molecule has 0 bridgehead atoms. The zero-order chi connectivity index (χ0) is 18.8. The molecule has 2 rings (SSSR count). The summed E-state index contributed by atoms with van der Waals surface area (Å²) >= 11 is 0. The van der Waals surface area contributed by atoms with Gasteiger partial charge in [0, 0.05) is 0 Å². The molecule has 1 N–H and O–H groups in total. The number of rotatable bonds is 8. The molecule has 26 heavy (non-hydrogen) atoms. The van der Waals surface area contributed by atoms with E-state index in [1.807, 2.05) is 60.7 Å². The average Bonchev–Trinajstić information content (AvgIpc) is 2.63. The van der Waals surface area contributed by atoms with Crippen molar-refractivity contribution in [3.8, 4) is 0 Å². The molecule has 3 nitrogen and oxygen atoms in total. The fraction of sp³-hybridized carbons (Fsp3) is 0.350. The van der Waals surface area contributed by atoms with Crippen LogP contribution in [0.1, 0.15) is 24.0 Å². The molecular weight excluding hydrogens is 343 g/mol. The van der Waals surface area contributed by atoms with Crippen LogP contribution in [0, 0.1) is 0 Å². The van der Waals surface area contributed by atoms with Crippen LogP contribution in [0.5, 0.6) is 0 Å². The summed E-state index contributed by atoms with van der Waals surface area (Å²) in [4.78, 5) is 11.7. The van der Waals surface area contributed by atoms with Gasteiger partial charge in [-0.15, -0.1) is 0 Å². The number of halogens is 3. The van der Waals surface area contributed by atoms with Crippen LogP contribution >= 0.6 is 0 Å². The number of hydrogen-bond acceptors (Lipinski definition) is 2. The van der Waals surface area contributed by atoms with Gasteiger partial charge in [0.2, 0.25) is 0 Å². The molecule has 0 unspecified atom stereocenters. The van der Waals surface area contributed by atoms with E-state index in [9.17, 15) is 18.0 Å². The van der Waals surface area contributed by atoms with E-state index in [1.54, 1.807) is 5.32 Å². The minimum Gasteiger partial charge on any atom is -0.446 e. The second-order valence-electron chi connectivity index (χ2n) is 6.04. The molecule has 0 radical (unpaired) electrons. The number of carbonyl (C=O) groups excluding carboxylic acids is 1. The highest BCUT2D eigenvalue weighted by Gasteiger charge is 2.28. The van der Waals surface area contributed by atoms with Crippen LogP contribution in [-0.4, -0.2) is 24.9 Å². The lowest BCUT2D eigenvalue weighted by Gasteiger charge is -2.19. The molecular formula is C20H22F3NO2. The first-order valence-electron chi connectivity index (χ1n) is 8.51. The number of hydrogen-bond donors (Lipinski definition) is 1. The maximum atomic E-state index is 12.2. The van der Waals surface area contributed by atoms with E-state index in [0.29, 0.717) is 25.7 Å². The molecule has 0 fully saturated rings. The predicted molar refractivity (Wildman–Crippen MR) is 93.9 cm³/mol. The van der Waals surface area contributed by atoms with E-state index in [1.165, 1.54) is 0 Å². The number of alkyl halides is 3. The Bertz CT molecular complexity index is 616. The number of alkyl carbamates (subject to hydrolysis) is 1. The lowest BCUT2D eigenvalue weighted by atomic mass is 10.0. The quantitative estimate of drug-likeness (QED) is 0.722. The zero-order valence-electron chi connectivity index (χ0n) is 14.3. The second kappa shape index (κ2) is 9.85. The van der Waals surface area contributed by atoms with Crippen molar-refractivity contribution in [1.82, 2.24) is 5.32 Å². The molecule has 140 valence electrons. The van der Waals surface area contributed by atoms with Gasteiger partial charge in [-0.2, -0.15) is 13.2 Å². The monoisotopic (exact) mass is 365 g/mol. The largest absolute Gasteiger partial charge is 0.446 e. The average molecular weight is 365 g/mol. The van der Waals surface area contributed by atoms with E-state index in [4.69, 9.17) is 4.74 Å². The van der Waals surface area contributed by atoms with Crippen LogP contribution in [0.3, 0.4) is 0 Å². The van der Waals surface area contributed by atoms with Gasteiger partial charge in [-0.25, -0.2) is 4.79 Å². The Morgan fingerprint density at radius 3 is 1.77 bits per heavy atom. The molecule has 0 heterocycles. The first-order chi connectivity index (χ1) is 12.4. The van der Waals surface area contributed by atoms with Crippen molar-refractivity contribution in [3.63, 3.8) is 0 Å². The first kappa shape index (κ1) is 19.8. The first-order valence-corrected chi connectivity index (χ1v) is 8.51. The van der Waals surface area contributed by atoms with Gasteiger partial charge in [0.05, 0.1) is 0 Å². The van der Waals surface area contributed by atoms with E-state index < -0.39 is 24.9 Å². The summed E-state index contributed by atoms with van der Waals surface area (Å²) in [6.07, 6.45) is -3.47. The number of benzene rings is 2. The number of nitrogens with one attached hydrogen (secondary N) is 1. The van der Waals surface area contributed by atoms with Crippen LogP contribution in [0.25, 0.3) is 0 Å². The summed E-state index contributed by atoms with van der Waals surface area (Å²) in [5, 5.41) is 1.76. The number of carbonyl (C=O) groups is 1. The van der Waals surface area contributed by atoms with Gasteiger partial charge < -0.3 is 10.1 Å². The van der Waals surface area contributed by atoms with Crippen molar-refractivity contribution in [2.45, 2.75) is 38.0 Å². The fourth-order valence-corrected chi connectivity index (χ4v) is 2.57. The van der Waals surface area contributed by atoms with Crippen LogP contribution in [0.15, 0.2) is 60.7 Å². The molecule has 0 aliphatic heterocycles. The molecule has 2 aromatic carbocycles. The Labute approximate surface area is 151 Å².